The van der Waals surface area contributed by atoms with Crippen molar-refractivity contribution < 1.29 is 31.5 Å². The molecular weight excluding hydrogens is 434 g/mol. The zero-order chi connectivity index (χ0) is 22.5. The van der Waals surface area contributed by atoms with E-state index in [1.165, 1.54) is 56.6 Å². The van der Waals surface area contributed by atoms with E-state index in [1.807, 2.05) is 0 Å². The van der Waals surface area contributed by atoms with Crippen LogP contribution in [0, 0.1) is 0 Å². The Morgan fingerprint density at radius 1 is 1.00 bits per heavy atom. The number of carboxylic acid groups (broad SMARTS) is 1. The molecule has 0 aliphatic rings. The van der Waals surface area contributed by atoms with E-state index in [0.717, 1.165) is 6.08 Å². The quantitative estimate of drug-likeness (QED) is 0.416. The van der Waals surface area contributed by atoms with Crippen molar-refractivity contribution in [3.05, 3.63) is 48.0 Å². The van der Waals surface area contributed by atoms with Crippen LogP contribution in [0.5, 0.6) is 5.75 Å². The van der Waals surface area contributed by atoms with E-state index in [0.29, 0.717) is 11.3 Å². The van der Waals surface area contributed by atoms with Crippen molar-refractivity contribution in [2.24, 2.45) is 0 Å². The van der Waals surface area contributed by atoms with Gasteiger partial charge in [0.1, 0.15) is 10.6 Å². The Bertz CT molecular complexity index is 1190. The molecule has 0 atom stereocenters. The fourth-order valence-electron chi connectivity index (χ4n) is 2.49. The Morgan fingerprint density at radius 3 is 2.27 bits per heavy atom. The number of nitrogens with one attached hydrogen (secondary N) is 3. The van der Waals surface area contributed by atoms with Crippen molar-refractivity contribution in [3.8, 4) is 5.75 Å². The molecule has 30 heavy (non-hydrogen) atoms. The number of sulfonamides is 2. The van der Waals surface area contributed by atoms with Crippen LogP contribution in [-0.4, -0.2) is 49.1 Å². The van der Waals surface area contributed by atoms with Gasteiger partial charge in [-0.3, -0.25) is 4.72 Å². The van der Waals surface area contributed by atoms with Gasteiger partial charge in [0.05, 0.1) is 23.4 Å². The Balaban J connectivity index is 2.56. The van der Waals surface area contributed by atoms with Gasteiger partial charge in [0, 0.05) is 13.1 Å². The van der Waals surface area contributed by atoms with Gasteiger partial charge in [0.25, 0.3) is 10.0 Å². The predicted octanol–water partition coefficient (Wildman–Crippen LogP) is 1.54. The van der Waals surface area contributed by atoms with Gasteiger partial charge in [-0.2, -0.15) is 0 Å². The van der Waals surface area contributed by atoms with Crippen molar-refractivity contribution in [2.45, 2.75) is 9.79 Å². The van der Waals surface area contributed by atoms with Crippen LogP contribution in [0.15, 0.2) is 52.3 Å². The minimum atomic E-state index is -4.23. The minimum absolute atomic E-state index is 0.00218. The largest absolute Gasteiger partial charge is 0.495 e. The zero-order valence-electron chi connectivity index (χ0n) is 16.3. The van der Waals surface area contributed by atoms with E-state index < -0.39 is 26.0 Å². The second kappa shape index (κ2) is 9.15. The van der Waals surface area contributed by atoms with Crippen LogP contribution in [0.1, 0.15) is 5.56 Å². The van der Waals surface area contributed by atoms with E-state index in [9.17, 15) is 21.6 Å². The molecule has 12 heteroatoms. The number of aliphatic carboxylic acids is 1. The summed E-state index contributed by atoms with van der Waals surface area (Å²) in [7, 11) is -3.95. The molecule has 0 saturated carbocycles. The van der Waals surface area contributed by atoms with Crippen molar-refractivity contribution in [1.29, 1.82) is 0 Å². The van der Waals surface area contributed by atoms with Gasteiger partial charge in [-0.05, 0) is 49.0 Å². The first-order chi connectivity index (χ1) is 14.0. The SMILES string of the molecule is CNc1ccc(S(=O)(=O)NC)cc1NS(=O)(=O)c1cc(/C=C/C(=O)O)ccc1OC. The maximum atomic E-state index is 13.0. The number of ether oxygens (including phenoxy) is 1. The van der Waals surface area contributed by atoms with E-state index in [1.54, 1.807) is 7.05 Å². The van der Waals surface area contributed by atoms with E-state index in [2.05, 4.69) is 14.8 Å². The van der Waals surface area contributed by atoms with Crippen molar-refractivity contribution in [3.63, 3.8) is 0 Å². The molecule has 0 amide bonds. The molecule has 0 aromatic heterocycles. The third-order valence-corrected chi connectivity index (χ3v) is 6.78. The molecule has 0 heterocycles. The zero-order valence-corrected chi connectivity index (χ0v) is 18.0. The maximum Gasteiger partial charge on any atom is 0.328 e. The highest BCUT2D eigenvalue weighted by molar-refractivity contribution is 7.93. The van der Waals surface area contributed by atoms with Crippen LogP contribution >= 0.6 is 0 Å². The smallest absolute Gasteiger partial charge is 0.328 e. The number of hydrogen-bond acceptors (Lipinski definition) is 7. The monoisotopic (exact) mass is 455 g/mol. The molecule has 10 nitrogen and oxygen atoms in total. The topological polar surface area (TPSA) is 151 Å². The van der Waals surface area contributed by atoms with Crippen LogP contribution in [0.25, 0.3) is 6.08 Å². The van der Waals surface area contributed by atoms with Gasteiger partial charge < -0.3 is 15.2 Å². The highest BCUT2D eigenvalue weighted by Crippen LogP contribution is 2.31. The Morgan fingerprint density at radius 2 is 1.70 bits per heavy atom. The third-order valence-electron chi connectivity index (χ3n) is 3.98. The molecule has 0 radical (unpaired) electrons. The number of rotatable bonds is 9. The number of anilines is 2. The molecule has 0 aliphatic carbocycles. The lowest BCUT2D eigenvalue weighted by Crippen LogP contribution is -2.20. The van der Waals surface area contributed by atoms with Gasteiger partial charge in [-0.25, -0.2) is 26.4 Å². The van der Waals surface area contributed by atoms with E-state index in [-0.39, 0.29) is 21.2 Å². The molecule has 0 bridgehead atoms. The fraction of sp³-hybridized carbons (Fsp3) is 0.167. The first kappa shape index (κ1) is 23.2. The molecule has 2 aromatic carbocycles. The lowest BCUT2D eigenvalue weighted by atomic mass is 10.2. The summed E-state index contributed by atoms with van der Waals surface area (Å²) in [6.45, 7) is 0. The normalized spacial score (nSPS) is 12.0. The Hall–Kier alpha value is -3.09. The van der Waals surface area contributed by atoms with Gasteiger partial charge >= 0.3 is 5.97 Å². The van der Waals surface area contributed by atoms with Gasteiger partial charge in [0.15, 0.2) is 0 Å². The molecule has 0 spiro atoms. The van der Waals surface area contributed by atoms with Crippen LogP contribution in [0.3, 0.4) is 0 Å². The molecule has 4 N–H and O–H groups in total. The number of hydrogen-bond donors (Lipinski definition) is 4. The Kier molecular flexibility index (Phi) is 7.08. The summed E-state index contributed by atoms with van der Waals surface area (Å²) in [5.41, 5.74) is 0.663. The number of carboxylic acids is 1. The fourth-order valence-corrected chi connectivity index (χ4v) is 4.52. The van der Waals surface area contributed by atoms with Gasteiger partial charge in [-0.15, -0.1) is 0 Å². The number of carbonyl (C=O) groups is 1. The molecule has 2 rings (SSSR count). The molecule has 0 unspecified atom stereocenters. The molecule has 0 fully saturated rings. The second-order valence-corrected chi connectivity index (χ2v) is 9.39. The van der Waals surface area contributed by atoms with Crippen LogP contribution in [0.2, 0.25) is 0 Å². The standard InChI is InChI=1S/C18H21N3O7S2/c1-19-14-7-6-13(29(24,25)20-2)11-15(14)21-30(26,27)17-10-12(5-9-18(22)23)4-8-16(17)28-3/h4-11,19-21H,1-3H3,(H,22,23)/b9-5+. The maximum absolute atomic E-state index is 13.0. The van der Waals surface area contributed by atoms with Gasteiger partial charge in [-0.1, -0.05) is 6.07 Å². The van der Waals surface area contributed by atoms with Crippen molar-refractivity contribution in [2.75, 3.05) is 31.2 Å². The van der Waals surface area contributed by atoms with Crippen LogP contribution < -0.4 is 19.5 Å². The minimum Gasteiger partial charge on any atom is -0.495 e. The lowest BCUT2D eigenvalue weighted by Gasteiger charge is -2.16. The summed E-state index contributed by atoms with van der Waals surface area (Å²) in [5.74, 6) is -1.16. The molecular formula is C18H21N3O7S2. The average Bonchev–Trinajstić information content (AvgIpc) is 2.71. The summed E-state index contributed by atoms with van der Waals surface area (Å²) in [5, 5.41) is 11.6. The Labute approximate surface area is 174 Å². The molecule has 162 valence electrons. The first-order valence-corrected chi connectivity index (χ1v) is 11.4. The third kappa shape index (κ3) is 5.28. The number of benzene rings is 2. The van der Waals surface area contributed by atoms with Crippen molar-refractivity contribution in [1.82, 2.24) is 4.72 Å². The summed E-state index contributed by atoms with van der Waals surface area (Å²) in [6.07, 6.45) is 2.11. The second-order valence-electron chi connectivity index (χ2n) is 5.85. The van der Waals surface area contributed by atoms with Crippen LogP contribution in [-0.2, 0) is 24.8 Å². The van der Waals surface area contributed by atoms with E-state index in [4.69, 9.17) is 9.84 Å². The van der Waals surface area contributed by atoms with E-state index >= 15 is 0 Å². The molecule has 0 aliphatic heterocycles. The first-order valence-electron chi connectivity index (χ1n) is 8.41. The summed E-state index contributed by atoms with van der Waals surface area (Å²) in [6, 6.07) is 8.05. The summed E-state index contributed by atoms with van der Waals surface area (Å²) in [4.78, 5) is 10.3. The number of methoxy groups -OCH3 is 1. The highest BCUT2D eigenvalue weighted by atomic mass is 32.2. The average molecular weight is 456 g/mol. The van der Waals surface area contributed by atoms with Gasteiger partial charge in [0.2, 0.25) is 10.0 Å². The lowest BCUT2D eigenvalue weighted by molar-refractivity contribution is -0.131. The molecule has 0 saturated heterocycles. The molecule has 2 aromatic rings. The highest BCUT2D eigenvalue weighted by Gasteiger charge is 2.23. The predicted molar refractivity (Wildman–Crippen MR) is 113 cm³/mol. The van der Waals surface area contributed by atoms with Crippen LogP contribution in [0.4, 0.5) is 11.4 Å². The summed E-state index contributed by atoms with van der Waals surface area (Å²) < 4.78 is 59.9. The van der Waals surface area contributed by atoms with Crippen molar-refractivity contribution >= 4 is 43.5 Å². The summed E-state index contributed by atoms with van der Waals surface area (Å²) >= 11 is 0.